The van der Waals surface area contributed by atoms with Crippen LogP contribution in [0.15, 0.2) is 17.5 Å². The van der Waals surface area contributed by atoms with Gasteiger partial charge in [-0.1, -0.05) is 0 Å². The van der Waals surface area contributed by atoms with Crippen LogP contribution in [0.5, 0.6) is 5.75 Å². The number of carbonyl (C=O) groups excluding carboxylic acids is 1. The Morgan fingerprint density at radius 1 is 1.22 bits per heavy atom. The molecule has 94 valence electrons. The molecular weight excluding hydrogens is 246 g/mol. The Bertz CT molecular complexity index is 602. The zero-order valence-electron chi connectivity index (χ0n) is 10.9. The van der Waals surface area contributed by atoms with Crippen LogP contribution in [0.1, 0.15) is 32.2 Å². The second-order valence-electron chi connectivity index (χ2n) is 4.22. The largest absolute Gasteiger partial charge is 0.496 e. The van der Waals surface area contributed by atoms with Crippen molar-refractivity contribution in [2.24, 2.45) is 0 Å². The molecule has 0 amide bonds. The number of aromatic nitrogens is 1. The fraction of sp³-hybridized carbons (Fsp3) is 0.286. The number of ether oxygens (including phenoxy) is 1. The Morgan fingerprint density at radius 3 is 2.50 bits per heavy atom. The quantitative estimate of drug-likeness (QED) is 0.796. The first kappa shape index (κ1) is 12.8. The smallest absolute Gasteiger partial charge is 0.212 e. The molecule has 0 aliphatic rings. The fourth-order valence-electron chi connectivity index (χ4n) is 1.86. The highest BCUT2D eigenvalue weighted by Crippen LogP contribution is 2.24. The molecule has 3 nitrogen and oxygen atoms in total. The lowest BCUT2D eigenvalue weighted by Gasteiger charge is -2.09. The molecule has 0 aliphatic carbocycles. The molecule has 0 radical (unpaired) electrons. The number of ketones is 1. The van der Waals surface area contributed by atoms with Crippen molar-refractivity contribution in [3.05, 3.63) is 44.9 Å². The van der Waals surface area contributed by atoms with E-state index in [0.29, 0.717) is 11.3 Å². The van der Waals surface area contributed by atoms with E-state index >= 15 is 0 Å². The van der Waals surface area contributed by atoms with Gasteiger partial charge in [0, 0.05) is 10.9 Å². The Morgan fingerprint density at radius 2 is 1.94 bits per heavy atom. The molecule has 0 aliphatic heterocycles. The maximum absolute atomic E-state index is 12.3. The van der Waals surface area contributed by atoms with Gasteiger partial charge in [-0.25, -0.2) is 4.98 Å². The highest BCUT2D eigenvalue weighted by atomic mass is 32.1. The van der Waals surface area contributed by atoms with Gasteiger partial charge in [0.1, 0.15) is 11.4 Å². The molecule has 0 spiro atoms. The van der Waals surface area contributed by atoms with Gasteiger partial charge in [0.15, 0.2) is 0 Å². The van der Waals surface area contributed by atoms with Gasteiger partial charge in [0.25, 0.3) is 0 Å². The van der Waals surface area contributed by atoms with Crippen molar-refractivity contribution in [2.45, 2.75) is 20.8 Å². The maximum atomic E-state index is 12.3. The molecule has 1 aromatic carbocycles. The molecule has 0 atom stereocenters. The van der Waals surface area contributed by atoms with Crippen LogP contribution in [0.2, 0.25) is 0 Å². The predicted molar refractivity (Wildman–Crippen MR) is 72.8 cm³/mol. The number of thiazole rings is 1. The van der Waals surface area contributed by atoms with Crippen LogP contribution in [0.4, 0.5) is 0 Å². The van der Waals surface area contributed by atoms with E-state index in [0.717, 1.165) is 21.9 Å². The van der Waals surface area contributed by atoms with Crippen LogP contribution in [-0.2, 0) is 0 Å². The summed E-state index contributed by atoms with van der Waals surface area (Å²) >= 11 is 1.49. The molecule has 0 saturated heterocycles. The SMILES string of the molecule is COc1cc(C)c(C(=O)c2csc(C)n2)cc1C. The third-order valence-electron chi connectivity index (χ3n) is 2.84. The van der Waals surface area contributed by atoms with Gasteiger partial charge in [-0.05, 0) is 44.0 Å². The van der Waals surface area contributed by atoms with Crippen molar-refractivity contribution in [3.63, 3.8) is 0 Å². The zero-order valence-corrected chi connectivity index (χ0v) is 11.7. The summed E-state index contributed by atoms with van der Waals surface area (Å²) < 4.78 is 5.25. The second-order valence-corrected chi connectivity index (χ2v) is 5.28. The number of hydrogen-bond donors (Lipinski definition) is 0. The first-order chi connectivity index (χ1) is 8.52. The lowest BCUT2D eigenvalue weighted by molar-refractivity contribution is 0.103. The molecular formula is C14H15NO2S. The molecule has 0 N–H and O–H groups in total. The van der Waals surface area contributed by atoms with E-state index in [2.05, 4.69) is 4.98 Å². The third kappa shape index (κ3) is 2.29. The van der Waals surface area contributed by atoms with Gasteiger partial charge in [0.2, 0.25) is 5.78 Å². The van der Waals surface area contributed by atoms with E-state index in [9.17, 15) is 4.79 Å². The number of hydrogen-bond acceptors (Lipinski definition) is 4. The van der Waals surface area contributed by atoms with Crippen molar-refractivity contribution >= 4 is 17.1 Å². The first-order valence-electron chi connectivity index (χ1n) is 5.65. The minimum Gasteiger partial charge on any atom is -0.496 e. The Labute approximate surface area is 110 Å². The third-order valence-corrected chi connectivity index (χ3v) is 3.61. The fourth-order valence-corrected chi connectivity index (χ4v) is 2.45. The second kappa shape index (κ2) is 4.90. The lowest BCUT2D eigenvalue weighted by atomic mass is 10.00. The Balaban J connectivity index is 2.45. The zero-order chi connectivity index (χ0) is 13.3. The van der Waals surface area contributed by atoms with E-state index in [4.69, 9.17) is 4.74 Å². The van der Waals surface area contributed by atoms with Crippen molar-refractivity contribution in [2.75, 3.05) is 7.11 Å². The van der Waals surface area contributed by atoms with Gasteiger partial charge in [0.05, 0.1) is 12.1 Å². The van der Waals surface area contributed by atoms with Crippen molar-refractivity contribution < 1.29 is 9.53 Å². The molecule has 0 fully saturated rings. The normalized spacial score (nSPS) is 10.4. The summed E-state index contributed by atoms with van der Waals surface area (Å²) in [5, 5.41) is 2.71. The summed E-state index contributed by atoms with van der Waals surface area (Å²) in [6.07, 6.45) is 0. The summed E-state index contributed by atoms with van der Waals surface area (Å²) in [5.74, 6) is 0.779. The lowest BCUT2D eigenvalue weighted by Crippen LogP contribution is -2.05. The van der Waals surface area contributed by atoms with Crippen LogP contribution in [0.3, 0.4) is 0 Å². The summed E-state index contributed by atoms with van der Waals surface area (Å²) in [4.78, 5) is 16.6. The van der Waals surface area contributed by atoms with E-state index in [1.807, 2.05) is 32.9 Å². The average molecular weight is 261 g/mol. The number of benzene rings is 1. The number of nitrogens with zero attached hydrogens (tertiary/aromatic N) is 1. The van der Waals surface area contributed by atoms with Crippen LogP contribution >= 0.6 is 11.3 Å². The minimum atomic E-state index is -0.0254. The molecule has 2 rings (SSSR count). The van der Waals surface area contributed by atoms with Crippen LogP contribution in [0, 0.1) is 20.8 Å². The Hall–Kier alpha value is -1.68. The summed E-state index contributed by atoms with van der Waals surface area (Å²) in [6.45, 7) is 5.74. The van der Waals surface area contributed by atoms with Gasteiger partial charge in [-0.2, -0.15) is 0 Å². The van der Waals surface area contributed by atoms with E-state index in [1.54, 1.807) is 12.5 Å². The first-order valence-corrected chi connectivity index (χ1v) is 6.53. The Kier molecular flexibility index (Phi) is 3.48. The molecule has 0 saturated carbocycles. The van der Waals surface area contributed by atoms with Gasteiger partial charge < -0.3 is 4.74 Å². The molecule has 2 aromatic rings. The molecule has 0 unspecified atom stereocenters. The summed E-state index contributed by atoms with van der Waals surface area (Å²) in [7, 11) is 1.63. The number of aryl methyl sites for hydroxylation is 3. The molecule has 1 aromatic heterocycles. The molecule has 0 bridgehead atoms. The van der Waals surface area contributed by atoms with Crippen molar-refractivity contribution in [1.82, 2.24) is 4.98 Å². The van der Waals surface area contributed by atoms with E-state index in [-0.39, 0.29) is 5.78 Å². The number of carbonyl (C=O) groups is 1. The maximum Gasteiger partial charge on any atom is 0.212 e. The summed E-state index contributed by atoms with van der Waals surface area (Å²) in [5.41, 5.74) is 3.08. The summed E-state index contributed by atoms with van der Waals surface area (Å²) in [6, 6.07) is 3.76. The van der Waals surface area contributed by atoms with Crippen LogP contribution < -0.4 is 4.74 Å². The highest BCUT2D eigenvalue weighted by molar-refractivity contribution is 7.09. The number of rotatable bonds is 3. The topological polar surface area (TPSA) is 39.2 Å². The van der Waals surface area contributed by atoms with Crippen LogP contribution in [-0.4, -0.2) is 17.9 Å². The van der Waals surface area contributed by atoms with E-state index in [1.165, 1.54) is 11.3 Å². The minimum absolute atomic E-state index is 0.0254. The van der Waals surface area contributed by atoms with Gasteiger partial charge in [-0.15, -0.1) is 11.3 Å². The van der Waals surface area contributed by atoms with Crippen molar-refractivity contribution in [3.8, 4) is 5.75 Å². The average Bonchev–Trinajstić information content (AvgIpc) is 2.77. The monoisotopic (exact) mass is 261 g/mol. The van der Waals surface area contributed by atoms with Crippen LogP contribution in [0.25, 0.3) is 0 Å². The van der Waals surface area contributed by atoms with Gasteiger partial charge >= 0.3 is 0 Å². The number of methoxy groups -OCH3 is 1. The standard InChI is InChI=1S/C14H15NO2S/c1-8-6-13(17-4)9(2)5-11(8)14(16)12-7-18-10(3)15-12/h5-7H,1-4H3. The van der Waals surface area contributed by atoms with E-state index < -0.39 is 0 Å². The predicted octanol–water partition coefficient (Wildman–Crippen LogP) is 3.31. The highest BCUT2D eigenvalue weighted by Gasteiger charge is 2.16. The molecule has 1 heterocycles. The van der Waals surface area contributed by atoms with Gasteiger partial charge in [-0.3, -0.25) is 4.79 Å². The molecule has 18 heavy (non-hydrogen) atoms. The molecule has 4 heteroatoms. The van der Waals surface area contributed by atoms with Crippen molar-refractivity contribution in [1.29, 1.82) is 0 Å².